The minimum Gasteiger partial charge on any atom is -0.480 e. The fourth-order valence-corrected chi connectivity index (χ4v) is 3.29. The summed E-state index contributed by atoms with van der Waals surface area (Å²) in [6.45, 7) is 0.697. The van der Waals surface area contributed by atoms with Crippen LogP contribution in [0.15, 0.2) is 48.7 Å². The molecular weight excluding hydrogens is 304 g/mol. The van der Waals surface area contributed by atoms with Crippen molar-refractivity contribution in [3.8, 4) is 5.88 Å². The van der Waals surface area contributed by atoms with E-state index in [-0.39, 0.29) is 11.9 Å². The van der Waals surface area contributed by atoms with Gasteiger partial charge >= 0.3 is 0 Å². The molecule has 126 valence electrons. The Bertz CT molecular complexity index is 690. The maximum atomic E-state index is 12.9. The summed E-state index contributed by atoms with van der Waals surface area (Å²) in [6, 6.07) is 13.1. The first-order chi connectivity index (χ1) is 11.7. The topological polar surface area (TPSA) is 62.7 Å². The quantitative estimate of drug-likeness (QED) is 0.918. The van der Waals surface area contributed by atoms with Gasteiger partial charge in [0.25, 0.3) is 5.91 Å². The molecule has 0 radical (unpaired) electrons. The van der Waals surface area contributed by atoms with Crippen LogP contribution in [0.25, 0.3) is 0 Å². The van der Waals surface area contributed by atoms with Gasteiger partial charge in [0.1, 0.15) is 5.56 Å². The van der Waals surface area contributed by atoms with Crippen LogP contribution in [0.2, 0.25) is 0 Å². The molecule has 24 heavy (non-hydrogen) atoms. The lowest BCUT2D eigenvalue weighted by molar-refractivity contribution is 0.0663. The molecule has 1 aromatic heterocycles. The highest BCUT2D eigenvalue weighted by molar-refractivity contribution is 5.96. The van der Waals surface area contributed by atoms with Gasteiger partial charge in [0.05, 0.1) is 13.2 Å². The third-order valence-corrected chi connectivity index (χ3v) is 4.51. The molecule has 2 atom stereocenters. The summed E-state index contributed by atoms with van der Waals surface area (Å²) in [5.41, 5.74) is 1.36. The number of likely N-dealkylation sites (tertiary alicyclic amines) is 1. The van der Waals surface area contributed by atoms with E-state index in [0.29, 0.717) is 24.4 Å². The van der Waals surface area contributed by atoms with Gasteiger partial charge in [-0.3, -0.25) is 4.79 Å². The van der Waals surface area contributed by atoms with Crippen molar-refractivity contribution in [1.82, 2.24) is 9.88 Å². The molecule has 1 aliphatic rings. The lowest BCUT2D eigenvalue weighted by Gasteiger charge is -2.27. The average Bonchev–Trinajstić information content (AvgIpc) is 3.09. The third-order valence-electron chi connectivity index (χ3n) is 4.51. The molecule has 0 bridgehead atoms. The average molecular weight is 326 g/mol. The summed E-state index contributed by atoms with van der Waals surface area (Å²) >= 11 is 0. The van der Waals surface area contributed by atoms with E-state index in [1.54, 1.807) is 18.3 Å². The molecule has 5 heteroatoms. The van der Waals surface area contributed by atoms with Gasteiger partial charge in [-0.05, 0) is 37.0 Å². The van der Waals surface area contributed by atoms with Crippen molar-refractivity contribution in [2.45, 2.75) is 31.4 Å². The predicted molar refractivity (Wildman–Crippen MR) is 90.9 cm³/mol. The molecule has 0 unspecified atom stereocenters. The highest BCUT2D eigenvalue weighted by Crippen LogP contribution is 2.29. The summed E-state index contributed by atoms with van der Waals surface area (Å²) in [5, 5.41) is 10.5. The Kier molecular flexibility index (Phi) is 5.11. The number of ether oxygens (including phenoxy) is 1. The molecule has 1 saturated heterocycles. The Morgan fingerprint density at radius 2 is 2.12 bits per heavy atom. The number of amides is 1. The van der Waals surface area contributed by atoms with Gasteiger partial charge < -0.3 is 14.7 Å². The van der Waals surface area contributed by atoms with Crippen molar-refractivity contribution in [2.75, 3.05) is 13.7 Å². The molecule has 5 nitrogen and oxygen atoms in total. The monoisotopic (exact) mass is 326 g/mol. The van der Waals surface area contributed by atoms with Crippen LogP contribution in [0.4, 0.5) is 0 Å². The van der Waals surface area contributed by atoms with Crippen LogP contribution in [0.3, 0.4) is 0 Å². The molecule has 1 aromatic carbocycles. The molecule has 0 aliphatic carbocycles. The van der Waals surface area contributed by atoms with Crippen molar-refractivity contribution in [3.05, 3.63) is 59.8 Å². The highest BCUT2D eigenvalue weighted by atomic mass is 16.5. The minimum absolute atomic E-state index is 0.0256. The second kappa shape index (κ2) is 7.45. The zero-order valence-corrected chi connectivity index (χ0v) is 13.8. The maximum absolute atomic E-state index is 12.9. The highest BCUT2D eigenvalue weighted by Gasteiger charge is 2.32. The molecule has 1 aliphatic heterocycles. The molecule has 2 aromatic rings. The van der Waals surface area contributed by atoms with E-state index in [9.17, 15) is 9.90 Å². The van der Waals surface area contributed by atoms with Gasteiger partial charge in [0, 0.05) is 18.8 Å². The molecule has 0 spiro atoms. The van der Waals surface area contributed by atoms with Crippen LogP contribution in [0.5, 0.6) is 5.88 Å². The van der Waals surface area contributed by atoms with Crippen molar-refractivity contribution in [1.29, 1.82) is 0 Å². The minimum atomic E-state index is -0.569. The number of hydrogen-bond donors (Lipinski definition) is 1. The van der Waals surface area contributed by atoms with E-state index in [4.69, 9.17) is 4.74 Å². The Morgan fingerprint density at radius 1 is 1.33 bits per heavy atom. The fraction of sp³-hybridized carbons (Fsp3) is 0.368. The molecule has 3 rings (SSSR count). The molecule has 0 saturated carbocycles. The smallest absolute Gasteiger partial charge is 0.259 e. The van der Waals surface area contributed by atoms with Crippen molar-refractivity contribution in [3.63, 3.8) is 0 Å². The number of hydrogen-bond acceptors (Lipinski definition) is 4. The SMILES string of the molecule is COc1ncccc1C(=O)N1CCC[C@H]1C[C@H](O)c1ccccc1. The number of pyridine rings is 1. The third kappa shape index (κ3) is 3.41. The molecular formula is C19H22N2O3. The fourth-order valence-electron chi connectivity index (χ4n) is 3.29. The van der Waals surface area contributed by atoms with E-state index < -0.39 is 6.10 Å². The first-order valence-electron chi connectivity index (χ1n) is 8.23. The van der Waals surface area contributed by atoms with E-state index in [2.05, 4.69) is 4.98 Å². The largest absolute Gasteiger partial charge is 0.480 e. The normalized spacial score (nSPS) is 18.4. The molecule has 2 heterocycles. The Hall–Kier alpha value is -2.40. The number of methoxy groups -OCH3 is 1. The van der Waals surface area contributed by atoms with E-state index in [0.717, 1.165) is 18.4 Å². The van der Waals surface area contributed by atoms with Crippen molar-refractivity contribution >= 4 is 5.91 Å². The van der Waals surface area contributed by atoms with Gasteiger partial charge in [-0.2, -0.15) is 0 Å². The maximum Gasteiger partial charge on any atom is 0.259 e. The Balaban J connectivity index is 1.74. The Labute approximate surface area is 141 Å². The number of rotatable bonds is 5. The van der Waals surface area contributed by atoms with Crippen LogP contribution < -0.4 is 4.74 Å². The van der Waals surface area contributed by atoms with E-state index in [1.807, 2.05) is 35.2 Å². The lowest BCUT2D eigenvalue weighted by atomic mass is 10.0. The van der Waals surface area contributed by atoms with Crippen LogP contribution in [0.1, 0.15) is 41.3 Å². The Morgan fingerprint density at radius 3 is 2.88 bits per heavy atom. The number of nitrogens with zero attached hydrogens (tertiary/aromatic N) is 2. The summed E-state index contributed by atoms with van der Waals surface area (Å²) < 4.78 is 5.20. The summed E-state index contributed by atoms with van der Waals surface area (Å²) in [4.78, 5) is 18.8. The van der Waals surface area contributed by atoms with Gasteiger partial charge in [0.2, 0.25) is 5.88 Å². The van der Waals surface area contributed by atoms with E-state index >= 15 is 0 Å². The van der Waals surface area contributed by atoms with Gasteiger partial charge in [0.15, 0.2) is 0 Å². The number of aliphatic hydroxyl groups is 1. The van der Waals surface area contributed by atoms with Gasteiger partial charge in [-0.25, -0.2) is 4.98 Å². The van der Waals surface area contributed by atoms with Gasteiger partial charge in [-0.15, -0.1) is 0 Å². The predicted octanol–water partition coefficient (Wildman–Crippen LogP) is 2.82. The van der Waals surface area contributed by atoms with Crippen molar-refractivity contribution in [2.24, 2.45) is 0 Å². The summed E-state index contributed by atoms with van der Waals surface area (Å²) in [6.07, 6.45) is 3.42. The first-order valence-corrected chi connectivity index (χ1v) is 8.23. The summed E-state index contributed by atoms with van der Waals surface area (Å²) in [7, 11) is 1.51. The number of carbonyl (C=O) groups is 1. The van der Waals surface area contributed by atoms with Crippen LogP contribution in [0, 0.1) is 0 Å². The lowest BCUT2D eigenvalue weighted by Crippen LogP contribution is -2.36. The zero-order chi connectivity index (χ0) is 16.9. The standard InChI is InChI=1S/C19H22N2O3/c1-24-18-16(10-5-11-20-18)19(23)21-12-6-9-15(21)13-17(22)14-7-3-2-4-8-14/h2-5,7-8,10-11,15,17,22H,6,9,12-13H2,1H3/t15-,17-/m0/s1. The number of aromatic nitrogens is 1. The molecule has 1 fully saturated rings. The zero-order valence-electron chi connectivity index (χ0n) is 13.8. The molecule has 1 amide bonds. The van der Waals surface area contributed by atoms with Gasteiger partial charge in [-0.1, -0.05) is 30.3 Å². The van der Waals surface area contributed by atoms with E-state index in [1.165, 1.54) is 7.11 Å². The number of benzene rings is 1. The second-order valence-corrected chi connectivity index (χ2v) is 6.02. The van der Waals surface area contributed by atoms with Crippen LogP contribution in [-0.2, 0) is 0 Å². The number of carbonyl (C=O) groups excluding carboxylic acids is 1. The first kappa shape index (κ1) is 16.5. The summed E-state index contributed by atoms with van der Waals surface area (Å²) in [5.74, 6) is 0.263. The van der Waals surface area contributed by atoms with Crippen LogP contribution in [-0.4, -0.2) is 40.6 Å². The van der Waals surface area contributed by atoms with Crippen LogP contribution >= 0.6 is 0 Å². The second-order valence-electron chi connectivity index (χ2n) is 6.02. The van der Waals surface area contributed by atoms with Crippen molar-refractivity contribution < 1.29 is 14.6 Å². The number of aliphatic hydroxyl groups excluding tert-OH is 1. The molecule has 1 N–H and O–H groups in total.